The number of aliphatic hydroxyl groups excluding tert-OH is 2. The SMILES string of the molecule is CC(O)[C@H](NC(=O)N[C@@H](CC(N)=O)CN(C)N(C)C[C@@H](N)CO)C(=O)O. The fourth-order valence-electron chi connectivity index (χ4n) is 2.16. The summed E-state index contributed by atoms with van der Waals surface area (Å²) < 4.78 is 0. The Kier molecular flexibility index (Phi) is 10.7. The van der Waals surface area contributed by atoms with Crippen molar-refractivity contribution in [3.05, 3.63) is 0 Å². The van der Waals surface area contributed by atoms with E-state index in [1.165, 1.54) is 6.92 Å². The van der Waals surface area contributed by atoms with Crippen LogP contribution in [0.1, 0.15) is 13.3 Å². The third-order valence-corrected chi connectivity index (χ3v) is 3.62. The molecule has 0 aromatic rings. The Morgan fingerprint density at radius 3 is 2.08 bits per heavy atom. The molecule has 0 fully saturated rings. The standard InChI is InChI=1S/C14H30N6O6/c1-8(22)12(13(24)25)18-14(26)17-10(4-11(16)23)6-20(3)19(2)5-9(15)7-21/h8-10,12,21-22H,4-7,15H2,1-3H3,(H2,16,23)(H,24,25)(H2,17,18,26)/t8?,9-,10+,12+/m1/s1. The molecule has 0 bridgehead atoms. The van der Waals surface area contributed by atoms with Gasteiger partial charge in [0.1, 0.15) is 0 Å². The predicted molar refractivity (Wildman–Crippen MR) is 92.7 cm³/mol. The van der Waals surface area contributed by atoms with E-state index in [0.717, 1.165) is 0 Å². The second-order valence-corrected chi connectivity index (χ2v) is 6.16. The number of amides is 3. The van der Waals surface area contributed by atoms with E-state index < -0.39 is 42.1 Å². The average Bonchev–Trinajstić information content (AvgIpc) is 2.50. The van der Waals surface area contributed by atoms with E-state index in [-0.39, 0.29) is 19.6 Å². The summed E-state index contributed by atoms with van der Waals surface area (Å²) in [6.07, 6.45) is -1.48. The van der Waals surface area contributed by atoms with Gasteiger partial charge in [0.05, 0.1) is 18.8 Å². The van der Waals surface area contributed by atoms with Gasteiger partial charge < -0.3 is 37.4 Å². The number of carbonyl (C=O) groups is 3. The fourth-order valence-corrected chi connectivity index (χ4v) is 2.16. The van der Waals surface area contributed by atoms with Crippen LogP contribution < -0.4 is 22.1 Å². The van der Waals surface area contributed by atoms with Gasteiger partial charge in [-0.3, -0.25) is 4.79 Å². The minimum absolute atomic E-state index is 0.177. The number of aliphatic hydroxyl groups is 2. The highest BCUT2D eigenvalue weighted by molar-refractivity contribution is 5.83. The number of hydrogen-bond acceptors (Lipinski definition) is 8. The lowest BCUT2D eigenvalue weighted by Gasteiger charge is -2.33. The van der Waals surface area contributed by atoms with Crippen molar-refractivity contribution in [3.8, 4) is 0 Å². The Hall–Kier alpha value is -1.99. The number of carboxylic acids is 1. The molecule has 4 atom stereocenters. The van der Waals surface area contributed by atoms with Gasteiger partial charge in [0.25, 0.3) is 0 Å². The van der Waals surface area contributed by atoms with Crippen LogP contribution in [0.15, 0.2) is 0 Å². The number of rotatable bonds is 12. The second kappa shape index (κ2) is 11.6. The summed E-state index contributed by atoms with van der Waals surface area (Å²) in [7, 11) is 3.40. The molecule has 26 heavy (non-hydrogen) atoms. The Balaban J connectivity index is 4.85. The molecule has 0 radical (unpaired) electrons. The number of hydrogen-bond donors (Lipinski definition) is 7. The molecule has 0 aliphatic carbocycles. The number of hydrazine groups is 1. The summed E-state index contributed by atoms with van der Waals surface area (Å²) in [5.41, 5.74) is 10.9. The van der Waals surface area contributed by atoms with Gasteiger partial charge in [0, 0.05) is 39.6 Å². The smallest absolute Gasteiger partial charge is 0.328 e. The minimum atomic E-state index is -1.49. The molecule has 1 unspecified atom stereocenters. The fraction of sp³-hybridized carbons (Fsp3) is 0.786. The van der Waals surface area contributed by atoms with Crippen molar-refractivity contribution in [2.24, 2.45) is 11.5 Å². The Labute approximate surface area is 152 Å². The van der Waals surface area contributed by atoms with E-state index in [1.54, 1.807) is 24.1 Å². The third-order valence-electron chi connectivity index (χ3n) is 3.62. The molecule has 0 aromatic heterocycles. The normalized spacial score (nSPS) is 16.0. The van der Waals surface area contributed by atoms with Crippen molar-refractivity contribution in [3.63, 3.8) is 0 Å². The summed E-state index contributed by atoms with van der Waals surface area (Å²) in [5.74, 6) is -2.04. The van der Waals surface area contributed by atoms with Gasteiger partial charge in [-0.2, -0.15) is 0 Å². The molecule has 3 amide bonds. The molecular formula is C14H30N6O6. The van der Waals surface area contributed by atoms with Crippen LogP contribution in [0.2, 0.25) is 0 Å². The van der Waals surface area contributed by atoms with Crippen molar-refractivity contribution in [2.75, 3.05) is 33.8 Å². The van der Waals surface area contributed by atoms with Crippen LogP contribution in [-0.2, 0) is 9.59 Å². The Morgan fingerprint density at radius 1 is 1.12 bits per heavy atom. The molecule has 0 spiro atoms. The molecule has 12 nitrogen and oxygen atoms in total. The molecule has 12 heteroatoms. The maximum absolute atomic E-state index is 12.0. The number of primary amides is 1. The number of carbonyl (C=O) groups excluding carboxylic acids is 2. The summed E-state index contributed by atoms with van der Waals surface area (Å²) in [5, 5.41) is 35.3. The summed E-state index contributed by atoms with van der Waals surface area (Å²) in [6, 6.07) is -3.52. The van der Waals surface area contributed by atoms with Crippen molar-refractivity contribution < 1.29 is 29.7 Å². The molecule has 0 rings (SSSR count). The number of aliphatic carboxylic acids is 1. The highest BCUT2D eigenvalue weighted by Crippen LogP contribution is 2.00. The molecule has 0 saturated carbocycles. The Morgan fingerprint density at radius 2 is 1.65 bits per heavy atom. The van der Waals surface area contributed by atoms with Gasteiger partial charge in [-0.05, 0) is 6.92 Å². The molecule has 0 heterocycles. The lowest BCUT2D eigenvalue weighted by Crippen LogP contribution is -2.56. The van der Waals surface area contributed by atoms with Gasteiger partial charge in [-0.1, -0.05) is 0 Å². The molecule has 152 valence electrons. The molecular weight excluding hydrogens is 348 g/mol. The van der Waals surface area contributed by atoms with Crippen LogP contribution in [0, 0.1) is 0 Å². The molecule has 0 saturated heterocycles. The van der Waals surface area contributed by atoms with Gasteiger partial charge in [0.15, 0.2) is 6.04 Å². The first-order chi connectivity index (χ1) is 12.0. The lowest BCUT2D eigenvalue weighted by molar-refractivity contribution is -0.141. The Bertz CT molecular complexity index is 477. The quantitative estimate of drug-likeness (QED) is 0.168. The van der Waals surface area contributed by atoms with Crippen LogP contribution in [0.4, 0.5) is 4.79 Å². The number of likely N-dealkylation sites (N-methyl/N-ethyl adjacent to an activating group) is 2. The number of nitrogens with one attached hydrogen (secondary N) is 2. The van der Waals surface area contributed by atoms with Crippen molar-refractivity contribution in [1.29, 1.82) is 0 Å². The van der Waals surface area contributed by atoms with Crippen molar-refractivity contribution in [2.45, 2.75) is 37.6 Å². The minimum Gasteiger partial charge on any atom is -0.480 e. The van der Waals surface area contributed by atoms with Gasteiger partial charge in [0.2, 0.25) is 5.91 Å². The zero-order valence-corrected chi connectivity index (χ0v) is 15.3. The van der Waals surface area contributed by atoms with E-state index in [1.807, 2.05) is 0 Å². The number of carboxylic acid groups (broad SMARTS) is 1. The second-order valence-electron chi connectivity index (χ2n) is 6.16. The molecule has 0 aliphatic heterocycles. The highest BCUT2D eigenvalue weighted by Gasteiger charge is 2.27. The molecule has 0 aliphatic rings. The topological polar surface area (TPSA) is 194 Å². The van der Waals surface area contributed by atoms with E-state index in [0.29, 0.717) is 6.54 Å². The lowest BCUT2D eigenvalue weighted by atomic mass is 10.2. The van der Waals surface area contributed by atoms with E-state index >= 15 is 0 Å². The summed E-state index contributed by atoms with van der Waals surface area (Å²) in [4.78, 5) is 34.2. The number of nitrogens with two attached hydrogens (primary N) is 2. The number of nitrogens with zero attached hydrogens (tertiary/aromatic N) is 2. The van der Waals surface area contributed by atoms with E-state index in [9.17, 15) is 19.5 Å². The molecule has 9 N–H and O–H groups in total. The zero-order chi connectivity index (χ0) is 20.4. The van der Waals surface area contributed by atoms with Gasteiger partial charge in [-0.25, -0.2) is 19.6 Å². The third kappa shape index (κ3) is 9.48. The molecule has 0 aromatic carbocycles. The average molecular weight is 378 g/mol. The van der Waals surface area contributed by atoms with E-state index in [2.05, 4.69) is 10.6 Å². The number of urea groups is 1. The van der Waals surface area contributed by atoms with Gasteiger partial charge >= 0.3 is 12.0 Å². The van der Waals surface area contributed by atoms with Crippen LogP contribution in [0.5, 0.6) is 0 Å². The highest BCUT2D eigenvalue weighted by atomic mass is 16.4. The summed E-state index contributed by atoms with van der Waals surface area (Å²) >= 11 is 0. The monoisotopic (exact) mass is 378 g/mol. The maximum Gasteiger partial charge on any atom is 0.328 e. The van der Waals surface area contributed by atoms with Crippen molar-refractivity contribution >= 4 is 17.9 Å². The van der Waals surface area contributed by atoms with Crippen LogP contribution in [0.25, 0.3) is 0 Å². The van der Waals surface area contributed by atoms with Crippen LogP contribution in [0.3, 0.4) is 0 Å². The largest absolute Gasteiger partial charge is 0.480 e. The summed E-state index contributed by atoms with van der Waals surface area (Å²) in [6.45, 7) is 1.55. The van der Waals surface area contributed by atoms with Crippen LogP contribution >= 0.6 is 0 Å². The van der Waals surface area contributed by atoms with E-state index in [4.69, 9.17) is 21.7 Å². The first-order valence-electron chi connectivity index (χ1n) is 8.02. The maximum atomic E-state index is 12.0. The first-order valence-corrected chi connectivity index (χ1v) is 8.02. The predicted octanol–water partition coefficient (Wildman–Crippen LogP) is -3.54. The van der Waals surface area contributed by atoms with Crippen LogP contribution in [-0.4, -0.2) is 101 Å². The first kappa shape index (κ1) is 24.0. The van der Waals surface area contributed by atoms with Gasteiger partial charge in [-0.15, -0.1) is 0 Å². The van der Waals surface area contributed by atoms with Crippen molar-refractivity contribution in [1.82, 2.24) is 20.7 Å². The zero-order valence-electron chi connectivity index (χ0n) is 15.3.